The van der Waals surface area contributed by atoms with Gasteiger partial charge in [0.2, 0.25) is 11.6 Å². The molecule has 212 valence electrons. The molecule has 1 unspecified atom stereocenters. The largest absolute Gasteiger partial charge is 0.485 e. The van der Waals surface area contributed by atoms with E-state index < -0.39 is 41.2 Å². The number of carbonyl (C=O) groups excluding carboxylic acids is 1. The van der Waals surface area contributed by atoms with Crippen molar-refractivity contribution in [2.75, 3.05) is 18.1 Å². The average molecular weight is 556 g/mol. The van der Waals surface area contributed by atoms with E-state index in [2.05, 4.69) is 4.98 Å². The molecule has 0 radical (unpaired) electrons. The van der Waals surface area contributed by atoms with E-state index in [-0.39, 0.29) is 49.2 Å². The second kappa shape index (κ2) is 14.2. The van der Waals surface area contributed by atoms with Crippen LogP contribution in [-0.4, -0.2) is 30.1 Å². The van der Waals surface area contributed by atoms with Gasteiger partial charge in [0.05, 0.1) is 18.2 Å². The summed E-state index contributed by atoms with van der Waals surface area (Å²) in [5, 5.41) is 9.37. The second-order valence-electron chi connectivity index (χ2n) is 9.42. The van der Waals surface area contributed by atoms with E-state index in [0.29, 0.717) is 6.42 Å². The van der Waals surface area contributed by atoms with Gasteiger partial charge >= 0.3 is 5.97 Å². The molecule has 7 nitrogen and oxygen atoms in total. The molecule has 3 rings (SSSR count). The van der Waals surface area contributed by atoms with E-state index in [4.69, 9.17) is 14.2 Å². The molecule has 1 aromatic heterocycles. The van der Waals surface area contributed by atoms with Crippen LogP contribution in [0.15, 0.2) is 48.5 Å². The first-order valence-corrected chi connectivity index (χ1v) is 13.1. The molecule has 0 aliphatic carbocycles. The molecule has 2 aromatic carbocycles. The minimum absolute atomic E-state index is 0.0300. The Labute approximate surface area is 232 Å². The minimum Gasteiger partial charge on any atom is -0.485 e. The minimum atomic E-state index is -1.61. The van der Waals surface area contributed by atoms with Crippen LogP contribution >= 0.6 is 0 Å². The number of carbonyl (C=O) groups is 1. The van der Waals surface area contributed by atoms with Gasteiger partial charge in [0.25, 0.3) is 11.8 Å². The fraction of sp³-hybridized carbons (Fsp3) is 0.367. The predicted octanol–water partition coefficient (Wildman–Crippen LogP) is 6.94. The summed E-state index contributed by atoms with van der Waals surface area (Å²) in [4.78, 5) is 17.4. The first-order chi connectivity index (χ1) is 19.2. The summed E-state index contributed by atoms with van der Waals surface area (Å²) in [7, 11) is 0. The number of ether oxygens (including phenoxy) is 3. The zero-order chi connectivity index (χ0) is 29.2. The maximum Gasteiger partial charge on any atom is 0.328 e. The molecular weight excluding hydrogens is 523 g/mol. The molecule has 0 fully saturated rings. The molecule has 1 heterocycles. The molecule has 0 aliphatic rings. The maximum atomic E-state index is 16.0. The Morgan fingerprint density at radius 3 is 2.40 bits per heavy atom. The van der Waals surface area contributed by atoms with Gasteiger partial charge in [0.15, 0.2) is 11.5 Å². The van der Waals surface area contributed by atoms with Crippen molar-refractivity contribution < 1.29 is 32.2 Å². The summed E-state index contributed by atoms with van der Waals surface area (Å²) < 4.78 is 62.7. The molecule has 0 spiro atoms. The number of nitrogens with zero attached hydrogens (tertiary/aromatic N) is 3. The number of nitriles is 1. The Balaban J connectivity index is 2.07. The van der Waals surface area contributed by atoms with Crippen LogP contribution in [0.1, 0.15) is 51.7 Å². The van der Waals surface area contributed by atoms with Gasteiger partial charge in [-0.15, -0.1) is 0 Å². The van der Waals surface area contributed by atoms with Crippen LogP contribution in [0.25, 0.3) is 0 Å². The first kappa shape index (κ1) is 30.3. The van der Waals surface area contributed by atoms with Crippen molar-refractivity contribution in [3.8, 4) is 23.4 Å². The molecule has 0 amide bonds. The summed E-state index contributed by atoms with van der Waals surface area (Å²) in [6.07, 6.45) is 0.605. The number of pyridine rings is 1. The lowest BCUT2D eigenvalue weighted by atomic mass is 10.0. The van der Waals surface area contributed by atoms with Gasteiger partial charge in [0.1, 0.15) is 18.3 Å². The van der Waals surface area contributed by atoms with E-state index in [9.17, 15) is 14.4 Å². The van der Waals surface area contributed by atoms with Crippen LogP contribution < -0.4 is 14.4 Å². The molecular formula is C30H32F3N3O4. The number of hydrogen-bond acceptors (Lipinski definition) is 7. The Hall–Kier alpha value is -4.26. The van der Waals surface area contributed by atoms with Crippen LogP contribution in [0, 0.1) is 34.8 Å². The van der Waals surface area contributed by atoms with Crippen LogP contribution in [0.3, 0.4) is 0 Å². The number of anilines is 1. The maximum absolute atomic E-state index is 16.0. The summed E-state index contributed by atoms with van der Waals surface area (Å²) in [6, 6.07) is 14.3. The average Bonchev–Trinajstić information content (AvgIpc) is 2.94. The van der Waals surface area contributed by atoms with Crippen LogP contribution in [0.2, 0.25) is 0 Å². The third-order valence-electron chi connectivity index (χ3n) is 5.88. The number of halogens is 3. The number of hydrogen-bond donors (Lipinski definition) is 0. The zero-order valence-electron chi connectivity index (χ0n) is 22.9. The highest BCUT2D eigenvalue weighted by molar-refractivity contribution is 5.80. The molecule has 0 bridgehead atoms. The molecule has 1 atom stereocenters. The number of rotatable bonds is 13. The number of aromatic nitrogens is 1. The summed E-state index contributed by atoms with van der Waals surface area (Å²) >= 11 is 0. The molecule has 0 aliphatic heterocycles. The van der Waals surface area contributed by atoms with E-state index in [1.54, 1.807) is 13.8 Å². The van der Waals surface area contributed by atoms with Crippen molar-refractivity contribution in [3.63, 3.8) is 0 Å². The van der Waals surface area contributed by atoms with Gasteiger partial charge in [-0.3, -0.25) is 0 Å². The molecule has 0 saturated carbocycles. The molecule has 0 N–H and O–H groups in total. The third-order valence-corrected chi connectivity index (χ3v) is 5.88. The van der Waals surface area contributed by atoms with E-state index in [1.807, 2.05) is 50.2 Å². The van der Waals surface area contributed by atoms with Gasteiger partial charge in [-0.05, 0) is 43.4 Å². The van der Waals surface area contributed by atoms with Crippen molar-refractivity contribution in [1.82, 2.24) is 4.98 Å². The lowest BCUT2D eigenvalue weighted by Gasteiger charge is -2.33. The van der Waals surface area contributed by atoms with E-state index >= 15 is 8.78 Å². The number of benzene rings is 2. The van der Waals surface area contributed by atoms with Crippen molar-refractivity contribution in [2.45, 2.75) is 53.2 Å². The molecule has 0 saturated heterocycles. The lowest BCUT2D eigenvalue weighted by molar-refractivity contribution is -0.145. The second-order valence-corrected chi connectivity index (χ2v) is 9.42. The van der Waals surface area contributed by atoms with Gasteiger partial charge in [0, 0.05) is 12.6 Å². The smallest absolute Gasteiger partial charge is 0.328 e. The lowest BCUT2D eigenvalue weighted by Crippen LogP contribution is -2.45. The fourth-order valence-corrected chi connectivity index (χ4v) is 4.12. The summed E-state index contributed by atoms with van der Waals surface area (Å²) in [5.74, 6) is -6.05. The first-order valence-electron chi connectivity index (χ1n) is 13.1. The Kier molecular flexibility index (Phi) is 10.8. The summed E-state index contributed by atoms with van der Waals surface area (Å²) in [5.41, 5.74) is 0.214. The Morgan fingerprint density at radius 1 is 1.05 bits per heavy atom. The van der Waals surface area contributed by atoms with Gasteiger partial charge in [-0.1, -0.05) is 51.1 Å². The van der Waals surface area contributed by atoms with Crippen molar-refractivity contribution in [2.24, 2.45) is 5.92 Å². The number of esters is 1. The Bertz CT molecular complexity index is 1350. The molecule has 3 aromatic rings. The SMILES string of the molecule is CCCN(c1c(F)c(F)nc(Oc2cc(C#N)ccc2OCc2ccccc2)c1F)C(CC(C)C)C(=O)OCC. The quantitative estimate of drug-likeness (QED) is 0.167. The molecule has 10 heteroatoms. The van der Waals surface area contributed by atoms with Crippen molar-refractivity contribution in [3.05, 3.63) is 77.2 Å². The van der Waals surface area contributed by atoms with Crippen LogP contribution in [-0.2, 0) is 16.1 Å². The third kappa shape index (κ3) is 7.44. The highest BCUT2D eigenvalue weighted by atomic mass is 19.2. The highest BCUT2D eigenvalue weighted by Gasteiger charge is 2.35. The summed E-state index contributed by atoms with van der Waals surface area (Å²) in [6.45, 7) is 7.32. The van der Waals surface area contributed by atoms with Crippen molar-refractivity contribution in [1.29, 1.82) is 5.26 Å². The van der Waals surface area contributed by atoms with Crippen molar-refractivity contribution >= 4 is 11.7 Å². The van der Waals surface area contributed by atoms with Crippen LogP contribution in [0.5, 0.6) is 17.4 Å². The van der Waals surface area contributed by atoms with Gasteiger partial charge < -0.3 is 19.1 Å². The standard InChI is InChI=1S/C30H32F3N3O4/c1-5-14-36(22(15-19(3)4)30(37)38-6-2)27-25(31)28(33)35-29(26(27)32)40-24-16-21(17-34)12-13-23(24)39-18-20-10-8-7-9-11-20/h7-13,16,19,22H,5-6,14-15,18H2,1-4H3. The normalized spacial score (nSPS) is 11.6. The van der Waals surface area contributed by atoms with Gasteiger partial charge in [-0.2, -0.15) is 23.4 Å². The Morgan fingerprint density at radius 2 is 1.77 bits per heavy atom. The predicted molar refractivity (Wildman–Crippen MR) is 144 cm³/mol. The monoisotopic (exact) mass is 555 g/mol. The van der Waals surface area contributed by atoms with Gasteiger partial charge in [-0.25, -0.2) is 4.79 Å². The van der Waals surface area contributed by atoms with E-state index in [0.717, 1.165) is 5.56 Å². The zero-order valence-corrected chi connectivity index (χ0v) is 22.9. The fourth-order valence-electron chi connectivity index (χ4n) is 4.12. The molecule has 40 heavy (non-hydrogen) atoms. The van der Waals surface area contributed by atoms with E-state index in [1.165, 1.54) is 23.1 Å². The van der Waals surface area contributed by atoms with Crippen LogP contribution in [0.4, 0.5) is 18.9 Å². The topological polar surface area (TPSA) is 84.7 Å². The highest BCUT2D eigenvalue weighted by Crippen LogP contribution is 2.38.